The highest BCUT2D eigenvalue weighted by molar-refractivity contribution is 6.24. The molecule has 0 radical (unpaired) electrons. The zero-order valence-electron chi connectivity index (χ0n) is 13.7. The number of carbonyl (C=O) groups excluding carboxylic acids is 2. The fourth-order valence-electron chi connectivity index (χ4n) is 3.56. The van der Waals surface area contributed by atoms with E-state index in [0.717, 1.165) is 5.56 Å². The molecule has 1 saturated carbocycles. The maximum absolute atomic E-state index is 12.9. The second-order valence-electron chi connectivity index (χ2n) is 6.35. The molecule has 2 aliphatic carbocycles. The molecule has 0 aliphatic heterocycles. The van der Waals surface area contributed by atoms with Gasteiger partial charge in [0.25, 0.3) is 0 Å². The molecule has 2 aliphatic rings. The van der Waals surface area contributed by atoms with Gasteiger partial charge in [0.1, 0.15) is 12.2 Å². The van der Waals surface area contributed by atoms with Gasteiger partial charge in [-0.2, -0.15) is 0 Å². The van der Waals surface area contributed by atoms with Gasteiger partial charge in [-0.15, -0.1) is 0 Å². The molecule has 24 heavy (non-hydrogen) atoms. The molecule has 0 spiro atoms. The Morgan fingerprint density at radius 1 is 1.29 bits per heavy atom. The molecule has 2 atom stereocenters. The Labute approximate surface area is 141 Å². The SMILES string of the molecule is CN[C@@]12CC=CCC1C(=O)C(=C(N)OCc1ccccc1)C(=O)C2. The molecule has 1 aromatic rings. The van der Waals surface area contributed by atoms with Crippen LogP contribution in [0.25, 0.3) is 0 Å². The first-order valence-electron chi connectivity index (χ1n) is 8.15. The van der Waals surface area contributed by atoms with E-state index in [1.165, 1.54) is 0 Å². The smallest absolute Gasteiger partial charge is 0.199 e. The summed E-state index contributed by atoms with van der Waals surface area (Å²) in [6.07, 6.45) is 5.56. The van der Waals surface area contributed by atoms with Crippen molar-refractivity contribution >= 4 is 11.6 Å². The number of rotatable bonds is 4. The Morgan fingerprint density at radius 2 is 2.04 bits per heavy atom. The molecule has 5 nitrogen and oxygen atoms in total. The summed E-state index contributed by atoms with van der Waals surface area (Å²) in [6, 6.07) is 9.51. The van der Waals surface area contributed by atoms with E-state index in [-0.39, 0.29) is 42.0 Å². The van der Waals surface area contributed by atoms with Crippen molar-refractivity contribution in [2.45, 2.75) is 31.4 Å². The Hall–Kier alpha value is -2.40. The molecular formula is C19H22N2O3. The average Bonchev–Trinajstić information content (AvgIpc) is 2.60. The van der Waals surface area contributed by atoms with Crippen LogP contribution >= 0.6 is 0 Å². The number of nitrogens with one attached hydrogen (secondary N) is 1. The van der Waals surface area contributed by atoms with Crippen LogP contribution in [0.2, 0.25) is 0 Å². The minimum absolute atomic E-state index is 0.0251. The van der Waals surface area contributed by atoms with Crippen LogP contribution in [0.15, 0.2) is 53.9 Å². The quantitative estimate of drug-likeness (QED) is 0.382. The third-order valence-electron chi connectivity index (χ3n) is 4.99. The summed E-state index contributed by atoms with van der Waals surface area (Å²) in [5.74, 6) is -0.797. The highest BCUT2D eigenvalue weighted by atomic mass is 16.5. The monoisotopic (exact) mass is 326 g/mol. The van der Waals surface area contributed by atoms with Crippen molar-refractivity contribution in [1.29, 1.82) is 0 Å². The molecule has 1 unspecified atom stereocenters. The van der Waals surface area contributed by atoms with Gasteiger partial charge >= 0.3 is 0 Å². The predicted octanol–water partition coefficient (Wildman–Crippen LogP) is 1.84. The number of Topliss-reactive ketones (excluding diaryl/α,β-unsaturated/α-hetero) is 2. The summed E-state index contributed by atoms with van der Waals surface area (Å²) >= 11 is 0. The van der Waals surface area contributed by atoms with Gasteiger partial charge in [-0.25, -0.2) is 0 Å². The highest BCUT2D eigenvalue weighted by Gasteiger charge is 2.50. The molecule has 3 N–H and O–H groups in total. The summed E-state index contributed by atoms with van der Waals surface area (Å²) < 4.78 is 5.53. The van der Waals surface area contributed by atoms with Crippen LogP contribution < -0.4 is 11.1 Å². The Bertz CT molecular complexity index is 709. The van der Waals surface area contributed by atoms with Gasteiger partial charge in [-0.1, -0.05) is 42.5 Å². The number of allylic oxidation sites excluding steroid dienone is 2. The third kappa shape index (κ3) is 2.87. The van der Waals surface area contributed by atoms with Crippen LogP contribution in [-0.2, 0) is 20.9 Å². The van der Waals surface area contributed by atoms with Gasteiger partial charge in [-0.3, -0.25) is 9.59 Å². The summed E-state index contributed by atoms with van der Waals surface area (Å²) in [7, 11) is 1.80. The normalized spacial score (nSPS) is 28.5. The standard InChI is InChI=1S/C19H22N2O3/c1-21-19-10-6-5-9-14(19)17(23)16(15(22)11-19)18(20)24-12-13-7-3-2-4-8-13/h2-8,14,21H,9-12,20H2,1H3/t14?,19-/m1/s1. The Morgan fingerprint density at radius 3 is 2.75 bits per heavy atom. The average molecular weight is 326 g/mol. The van der Waals surface area contributed by atoms with Gasteiger partial charge < -0.3 is 15.8 Å². The number of fused-ring (bicyclic) bond motifs is 1. The Balaban J connectivity index is 1.83. The Kier molecular flexibility index (Phi) is 4.53. The number of benzene rings is 1. The predicted molar refractivity (Wildman–Crippen MR) is 90.7 cm³/mol. The minimum atomic E-state index is -0.494. The molecule has 0 aromatic heterocycles. The number of hydrogen-bond acceptors (Lipinski definition) is 5. The zero-order valence-corrected chi connectivity index (χ0v) is 13.7. The lowest BCUT2D eigenvalue weighted by molar-refractivity contribution is -0.131. The fraction of sp³-hybridized carbons (Fsp3) is 0.368. The van der Waals surface area contributed by atoms with Gasteiger partial charge in [0.15, 0.2) is 17.4 Å². The summed E-state index contributed by atoms with van der Waals surface area (Å²) in [5, 5.41) is 3.20. The van der Waals surface area contributed by atoms with Crippen LogP contribution in [0.4, 0.5) is 0 Å². The van der Waals surface area contributed by atoms with Crippen LogP contribution in [0.3, 0.4) is 0 Å². The fourth-order valence-corrected chi connectivity index (χ4v) is 3.56. The second kappa shape index (κ2) is 6.61. The van der Waals surface area contributed by atoms with Crippen molar-refractivity contribution in [2.75, 3.05) is 7.05 Å². The van der Waals surface area contributed by atoms with Crippen molar-refractivity contribution in [1.82, 2.24) is 5.32 Å². The first kappa shape index (κ1) is 16.5. The van der Waals surface area contributed by atoms with Crippen molar-refractivity contribution in [2.24, 2.45) is 11.7 Å². The van der Waals surface area contributed by atoms with Gasteiger partial charge in [0.05, 0.1) is 0 Å². The molecule has 0 amide bonds. The molecule has 3 rings (SSSR count). The van der Waals surface area contributed by atoms with E-state index < -0.39 is 5.54 Å². The van der Waals surface area contributed by atoms with E-state index in [4.69, 9.17) is 10.5 Å². The molecule has 1 aromatic carbocycles. The molecule has 5 heteroatoms. The van der Waals surface area contributed by atoms with E-state index in [1.54, 1.807) is 7.05 Å². The number of hydrogen-bond donors (Lipinski definition) is 2. The van der Waals surface area contributed by atoms with E-state index in [0.29, 0.717) is 12.8 Å². The number of nitrogens with two attached hydrogens (primary N) is 1. The van der Waals surface area contributed by atoms with Crippen LogP contribution in [0, 0.1) is 5.92 Å². The van der Waals surface area contributed by atoms with Crippen molar-refractivity contribution in [3.63, 3.8) is 0 Å². The molecule has 0 bridgehead atoms. The minimum Gasteiger partial charge on any atom is -0.474 e. The van der Waals surface area contributed by atoms with Gasteiger partial charge in [0.2, 0.25) is 0 Å². The van der Waals surface area contributed by atoms with E-state index >= 15 is 0 Å². The first-order valence-corrected chi connectivity index (χ1v) is 8.15. The maximum Gasteiger partial charge on any atom is 0.199 e. The van der Waals surface area contributed by atoms with Gasteiger partial charge in [0, 0.05) is 17.9 Å². The summed E-state index contributed by atoms with van der Waals surface area (Å²) in [6.45, 7) is 0.235. The molecular weight excluding hydrogens is 304 g/mol. The number of carbonyl (C=O) groups is 2. The maximum atomic E-state index is 12.9. The summed E-state index contributed by atoms with van der Waals surface area (Å²) in [4.78, 5) is 25.4. The topological polar surface area (TPSA) is 81.4 Å². The highest BCUT2D eigenvalue weighted by Crippen LogP contribution is 2.40. The van der Waals surface area contributed by atoms with Crippen molar-refractivity contribution < 1.29 is 14.3 Å². The van der Waals surface area contributed by atoms with Crippen molar-refractivity contribution in [3.8, 4) is 0 Å². The van der Waals surface area contributed by atoms with E-state index in [1.807, 2.05) is 42.5 Å². The molecule has 0 heterocycles. The lowest BCUT2D eigenvalue weighted by Crippen LogP contribution is -2.58. The van der Waals surface area contributed by atoms with Crippen molar-refractivity contribution in [3.05, 3.63) is 59.5 Å². The first-order chi connectivity index (χ1) is 11.6. The van der Waals surface area contributed by atoms with Crippen LogP contribution in [0.1, 0.15) is 24.8 Å². The summed E-state index contributed by atoms with van der Waals surface area (Å²) in [5.41, 5.74) is 6.42. The van der Waals surface area contributed by atoms with E-state index in [2.05, 4.69) is 5.32 Å². The largest absolute Gasteiger partial charge is 0.474 e. The zero-order chi connectivity index (χ0) is 17.2. The number of ether oxygens (including phenoxy) is 1. The van der Waals surface area contributed by atoms with Crippen LogP contribution in [-0.4, -0.2) is 24.2 Å². The lowest BCUT2D eigenvalue weighted by Gasteiger charge is -2.44. The van der Waals surface area contributed by atoms with E-state index in [9.17, 15) is 9.59 Å². The second-order valence-corrected chi connectivity index (χ2v) is 6.35. The lowest BCUT2D eigenvalue weighted by atomic mass is 9.64. The van der Waals surface area contributed by atoms with Crippen LogP contribution in [0.5, 0.6) is 0 Å². The number of ketones is 2. The molecule has 1 fully saturated rings. The molecule has 0 saturated heterocycles. The molecule has 126 valence electrons. The third-order valence-corrected chi connectivity index (χ3v) is 4.99. The van der Waals surface area contributed by atoms with Gasteiger partial charge in [-0.05, 0) is 25.5 Å².